The highest BCUT2D eigenvalue weighted by Crippen LogP contribution is 2.51. The molecule has 0 saturated carbocycles. The molecule has 0 bridgehead atoms. The SMILES string of the molecule is CCCCc1c(C(N)=O)c(N2CCNCC2)c2c(c1-c1cccc(C)c1C)-c1ccccc1C2.Cl. The van der Waals surface area contributed by atoms with Crippen molar-refractivity contribution in [1.29, 1.82) is 0 Å². The topological polar surface area (TPSA) is 58.4 Å². The van der Waals surface area contributed by atoms with E-state index in [1.807, 2.05) is 0 Å². The first-order valence-electron chi connectivity index (χ1n) is 12.6. The van der Waals surface area contributed by atoms with Crippen molar-refractivity contribution in [2.45, 2.75) is 46.5 Å². The summed E-state index contributed by atoms with van der Waals surface area (Å²) in [6.07, 6.45) is 3.80. The predicted molar refractivity (Wildman–Crippen MR) is 149 cm³/mol. The fourth-order valence-corrected chi connectivity index (χ4v) is 5.84. The van der Waals surface area contributed by atoms with Crippen LogP contribution in [-0.2, 0) is 12.8 Å². The van der Waals surface area contributed by atoms with Crippen molar-refractivity contribution in [3.05, 3.63) is 75.8 Å². The fraction of sp³-hybridized carbons (Fsp3) is 0.367. The number of hydrogen-bond donors (Lipinski definition) is 2. The minimum absolute atomic E-state index is 0. The monoisotopic (exact) mass is 489 g/mol. The van der Waals surface area contributed by atoms with E-state index < -0.39 is 0 Å². The molecular formula is C30H36ClN3O. The number of rotatable bonds is 6. The Balaban J connectivity index is 0.00000289. The van der Waals surface area contributed by atoms with Crippen LogP contribution in [0, 0.1) is 13.8 Å². The Morgan fingerprint density at radius 1 is 1.00 bits per heavy atom. The number of anilines is 1. The molecule has 1 amide bonds. The fourth-order valence-electron chi connectivity index (χ4n) is 5.84. The van der Waals surface area contributed by atoms with Crippen LogP contribution in [0.25, 0.3) is 22.3 Å². The van der Waals surface area contributed by atoms with E-state index in [0.29, 0.717) is 0 Å². The number of unbranched alkanes of at least 4 members (excludes halogenated alkanes) is 1. The van der Waals surface area contributed by atoms with Gasteiger partial charge in [0.25, 0.3) is 5.91 Å². The molecule has 3 aromatic rings. The average Bonchev–Trinajstić information content (AvgIpc) is 3.23. The number of piperazine rings is 1. The lowest BCUT2D eigenvalue weighted by Crippen LogP contribution is -2.45. The molecule has 0 aromatic heterocycles. The predicted octanol–water partition coefficient (Wildman–Crippen LogP) is 5.81. The lowest BCUT2D eigenvalue weighted by Gasteiger charge is -2.34. The maximum atomic E-state index is 13.2. The zero-order chi connectivity index (χ0) is 23.8. The summed E-state index contributed by atoms with van der Waals surface area (Å²) in [5, 5.41) is 3.46. The highest BCUT2D eigenvalue weighted by Gasteiger charge is 2.34. The number of fused-ring (bicyclic) bond motifs is 3. The molecule has 3 aromatic carbocycles. The molecule has 1 aliphatic carbocycles. The van der Waals surface area contributed by atoms with Gasteiger partial charge in [0.2, 0.25) is 0 Å². The van der Waals surface area contributed by atoms with E-state index in [9.17, 15) is 4.79 Å². The summed E-state index contributed by atoms with van der Waals surface area (Å²) in [5.41, 5.74) is 19.4. The molecule has 1 aliphatic heterocycles. The number of hydrogen-bond acceptors (Lipinski definition) is 3. The summed E-state index contributed by atoms with van der Waals surface area (Å²) in [6.45, 7) is 10.2. The Labute approximate surface area is 215 Å². The number of nitrogens with two attached hydrogens (primary N) is 1. The first kappa shape index (κ1) is 25.3. The molecule has 5 heteroatoms. The molecule has 1 fully saturated rings. The molecule has 0 unspecified atom stereocenters. The van der Waals surface area contributed by atoms with Gasteiger partial charge >= 0.3 is 0 Å². The minimum Gasteiger partial charge on any atom is -0.368 e. The summed E-state index contributed by atoms with van der Waals surface area (Å²) in [7, 11) is 0. The van der Waals surface area contributed by atoms with Crippen LogP contribution in [0.15, 0.2) is 42.5 Å². The van der Waals surface area contributed by atoms with E-state index >= 15 is 0 Å². The third kappa shape index (κ3) is 4.34. The summed E-state index contributed by atoms with van der Waals surface area (Å²) in [5.74, 6) is -0.301. The van der Waals surface area contributed by atoms with Gasteiger partial charge in [0.15, 0.2) is 0 Å². The highest BCUT2D eigenvalue weighted by molar-refractivity contribution is 6.08. The quantitative estimate of drug-likeness (QED) is 0.359. The number of halogens is 1. The van der Waals surface area contributed by atoms with Crippen LogP contribution in [0.4, 0.5) is 5.69 Å². The molecule has 0 radical (unpaired) electrons. The zero-order valence-corrected chi connectivity index (χ0v) is 21.9. The molecule has 1 heterocycles. The molecule has 4 nitrogen and oxygen atoms in total. The molecule has 0 spiro atoms. The van der Waals surface area contributed by atoms with Gasteiger partial charge < -0.3 is 16.0 Å². The third-order valence-electron chi connectivity index (χ3n) is 7.67. The number of primary amides is 1. The van der Waals surface area contributed by atoms with Gasteiger partial charge in [-0.2, -0.15) is 0 Å². The lowest BCUT2D eigenvalue weighted by molar-refractivity contribution is 0.0999. The average molecular weight is 490 g/mol. The third-order valence-corrected chi connectivity index (χ3v) is 7.67. The molecule has 5 rings (SSSR count). The van der Waals surface area contributed by atoms with Crippen LogP contribution in [0.5, 0.6) is 0 Å². The zero-order valence-electron chi connectivity index (χ0n) is 21.0. The van der Waals surface area contributed by atoms with E-state index in [1.54, 1.807) is 0 Å². The van der Waals surface area contributed by atoms with Gasteiger partial charge in [0, 0.05) is 32.6 Å². The smallest absolute Gasteiger partial charge is 0.251 e. The van der Waals surface area contributed by atoms with E-state index in [1.165, 1.54) is 44.5 Å². The van der Waals surface area contributed by atoms with Crippen LogP contribution in [0.3, 0.4) is 0 Å². The van der Waals surface area contributed by atoms with Crippen molar-refractivity contribution in [2.75, 3.05) is 31.1 Å². The number of nitrogens with one attached hydrogen (secondary N) is 1. The van der Waals surface area contributed by atoms with Crippen molar-refractivity contribution in [3.8, 4) is 22.3 Å². The largest absolute Gasteiger partial charge is 0.368 e. The van der Waals surface area contributed by atoms with Gasteiger partial charge in [-0.25, -0.2) is 0 Å². The molecule has 35 heavy (non-hydrogen) atoms. The van der Waals surface area contributed by atoms with E-state index in [4.69, 9.17) is 5.73 Å². The highest BCUT2D eigenvalue weighted by atomic mass is 35.5. The van der Waals surface area contributed by atoms with E-state index in [0.717, 1.165) is 68.7 Å². The summed E-state index contributed by atoms with van der Waals surface area (Å²) in [4.78, 5) is 15.6. The Kier molecular flexibility index (Phi) is 7.53. The molecule has 0 atom stereocenters. The van der Waals surface area contributed by atoms with Crippen LogP contribution in [0.1, 0.15) is 57.9 Å². The van der Waals surface area contributed by atoms with Gasteiger partial charge in [-0.15, -0.1) is 12.4 Å². The summed E-state index contributed by atoms with van der Waals surface area (Å²) < 4.78 is 0. The normalized spacial score (nSPS) is 14.3. The van der Waals surface area contributed by atoms with Crippen molar-refractivity contribution in [1.82, 2.24) is 5.32 Å². The summed E-state index contributed by atoms with van der Waals surface area (Å²) in [6, 6.07) is 15.3. The Morgan fingerprint density at radius 2 is 1.71 bits per heavy atom. The van der Waals surface area contributed by atoms with Crippen LogP contribution >= 0.6 is 12.4 Å². The molecule has 3 N–H and O–H groups in total. The first-order chi connectivity index (χ1) is 16.5. The number of nitrogens with zero attached hydrogens (tertiary/aromatic N) is 1. The minimum atomic E-state index is -0.301. The van der Waals surface area contributed by atoms with Crippen molar-refractivity contribution < 1.29 is 4.79 Å². The van der Waals surface area contributed by atoms with Gasteiger partial charge in [0.1, 0.15) is 0 Å². The van der Waals surface area contributed by atoms with Crippen LogP contribution in [-0.4, -0.2) is 32.1 Å². The van der Waals surface area contributed by atoms with Gasteiger partial charge in [0.05, 0.1) is 11.3 Å². The molecule has 184 valence electrons. The van der Waals surface area contributed by atoms with Crippen molar-refractivity contribution in [2.24, 2.45) is 5.73 Å². The van der Waals surface area contributed by atoms with Crippen molar-refractivity contribution in [3.63, 3.8) is 0 Å². The second kappa shape index (κ2) is 10.4. The van der Waals surface area contributed by atoms with E-state index in [-0.39, 0.29) is 18.3 Å². The molecule has 1 saturated heterocycles. The van der Waals surface area contributed by atoms with Crippen LogP contribution in [0.2, 0.25) is 0 Å². The van der Waals surface area contributed by atoms with Gasteiger partial charge in [-0.1, -0.05) is 55.8 Å². The van der Waals surface area contributed by atoms with E-state index in [2.05, 4.69) is 73.5 Å². The lowest BCUT2D eigenvalue weighted by atomic mass is 9.81. The second-order valence-electron chi connectivity index (χ2n) is 9.72. The number of carbonyl (C=O) groups is 1. The number of amides is 1. The Morgan fingerprint density at radius 3 is 2.43 bits per heavy atom. The Hall–Kier alpha value is -2.82. The maximum absolute atomic E-state index is 13.2. The van der Waals surface area contributed by atoms with Gasteiger partial charge in [-0.05, 0) is 76.8 Å². The van der Waals surface area contributed by atoms with Gasteiger partial charge in [-0.3, -0.25) is 4.79 Å². The summed E-state index contributed by atoms with van der Waals surface area (Å²) >= 11 is 0. The first-order valence-corrected chi connectivity index (χ1v) is 12.6. The second-order valence-corrected chi connectivity index (χ2v) is 9.72. The standard InChI is InChI=1S/C30H35N3O.ClH/c1-4-5-11-24-26(22-13-8-9-19(2)20(22)3)27-23-12-7-6-10-21(23)18-25(27)29(28(24)30(31)34)33-16-14-32-15-17-33;/h6-10,12-13,32H,4-5,11,14-18H2,1-3H3,(H2,31,34);1H. The molecule has 2 aliphatic rings. The van der Waals surface area contributed by atoms with Crippen LogP contribution < -0.4 is 16.0 Å². The Bertz CT molecular complexity index is 1260. The number of aryl methyl sites for hydroxylation is 1. The van der Waals surface area contributed by atoms with Crippen molar-refractivity contribution >= 4 is 24.0 Å². The number of benzene rings is 3. The maximum Gasteiger partial charge on any atom is 0.251 e. The number of carbonyl (C=O) groups excluding carboxylic acids is 1. The molecular weight excluding hydrogens is 454 g/mol.